The number of hydrogen-bond donors (Lipinski definition) is 2. The highest BCUT2D eigenvalue weighted by atomic mass is 79.9. The van der Waals surface area contributed by atoms with Gasteiger partial charge in [0.05, 0.1) is 16.1 Å². The van der Waals surface area contributed by atoms with Crippen LogP contribution in [0.1, 0.15) is 10.4 Å². The van der Waals surface area contributed by atoms with Gasteiger partial charge in [-0.15, -0.1) is 0 Å². The largest absolute Gasteiger partial charge is 0.322 e. The molecule has 3 aromatic rings. The predicted octanol–water partition coefficient (Wildman–Crippen LogP) is 4.50. The fraction of sp³-hybridized carbons (Fsp3) is 0. The Morgan fingerprint density at radius 1 is 0.808 bits per heavy atom. The lowest BCUT2D eigenvalue weighted by Gasteiger charge is -2.13. The van der Waals surface area contributed by atoms with E-state index >= 15 is 0 Å². The van der Waals surface area contributed by atoms with Gasteiger partial charge < -0.3 is 5.32 Å². The third-order valence-electron chi connectivity index (χ3n) is 3.57. The van der Waals surface area contributed by atoms with Crippen molar-refractivity contribution in [1.82, 2.24) is 0 Å². The fourth-order valence-corrected chi connectivity index (χ4v) is 3.67. The van der Waals surface area contributed by atoms with Gasteiger partial charge in [-0.05, 0) is 48.5 Å². The van der Waals surface area contributed by atoms with Crippen LogP contribution in [-0.4, -0.2) is 14.3 Å². The van der Waals surface area contributed by atoms with Crippen molar-refractivity contribution in [3.8, 4) is 0 Å². The van der Waals surface area contributed by atoms with E-state index < -0.39 is 15.9 Å². The van der Waals surface area contributed by atoms with Gasteiger partial charge in [0.1, 0.15) is 0 Å². The lowest BCUT2D eigenvalue weighted by molar-refractivity contribution is 0.102. The minimum Gasteiger partial charge on any atom is -0.322 e. The minimum absolute atomic E-state index is 0.128. The van der Waals surface area contributed by atoms with Crippen LogP contribution in [0.5, 0.6) is 0 Å². The number of carbonyl (C=O) groups is 1. The maximum atomic E-state index is 12.6. The molecule has 0 aromatic heterocycles. The lowest BCUT2D eigenvalue weighted by Crippen LogP contribution is -2.18. The molecular weight excluding hydrogens is 416 g/mol. The number of anilines is 2. The van der Waals surface area contributed by atoms with Crippen LogP contribution in [-0.2, 0) is 10.0 Å². The van der Waals surface area contributed by atoms with Crippen LogP contribution in [0.15, 0.2) is 88.2 Å². The zero-order valence-electron chi connectivity index (χ0n) is 13.5. The predicted molar refractivity (Wildman–Crippen MR) is 106 cm³/mol. The molecular formula is C19H15BrN2O3S. The molecule has 0 fully saturated rings. The van der Waals surface area contributed by atoms with E-state index in [1.54, 1.807) is 66.7 Å². The number of nitrogens with one attached hydrogen (secondary N) is 2. The second-order valence-corrected chi connectivity index (χ2v) is 8.02. The maximum absolute atomic E-state index is 12.6. The number of halogens is 1. The molecule has 0 saturated carbocycles. The normalized spacial score (nSPS) is 11.0. The third-order valence-corrected chi connectivity index (χ3v) is 5.48. The molecule has 0 saturated heterocycles. The highest BCUT2D eigenvalue weighted by Gasteiger charge is 2.18. The van der Waals surface area contributed by atoms with E-state index in [0.717, 1.165) is 4.47 Å². The molecule has 5 nitrogen and oxygen atoms in total. The van der Waals surface area contributed by atoms with E-state index in [2.05, 4.69) is 26.0 Å². The molecule has 0 unspecified atom stereocenters. The molecule has 26 heavy (non-hydrogen) atoms. The zero-order valence-corrected chi connectivity index (χ0v) is 15.9. The molecule has 0 bridgehead atoms. The average Bonchev–Trinajstić information content (AvgIpc) is 2.64. The van der Waals surface area contributed by atoms with Gasteiger partial charge in [0.15, 0.2) is 0 Å². The van der Waals surface area contributed by atoms with E-state index in [-0.39, 0.29) is 16.1 Å². The van der Waals surface area contributed by atoms with Crippen molar-refractivity contribution >= 4 is 43.2 Å². The quantitative estimate of drug-likeness (QED) is 0.625. The monoisotopic (exact) mass is 430 g/mol. The van der Waals surface area contributed by atoms with Gasteiger partial charge in [-0.1, -0.05) is 46.3 Å². The number of hydrogen-bond acceptors (Lipinski definition) is 3. The summed E-state index contributed by atoms with van der Waals surface area (Å²) in [6.45, 7) is 0. The molecule has 7 heteroatoms. The lowest BCUT2D eigenvalue weighted by atomic mass is 10.1. The summed E-state index contributed by atoms with van der Waals surface area (Å²) >= 11 is 3.33. The number of para-hydroxylation sites is 1. The topological polar surface area (TPSA) is 75.3 Å². The SMILES string of the molecule is O=C(Nc1ccc(Br)cc1)c1ccccc1NS(=O)(=O)c1ccccc1. The fourth-order valence-electron chi connectivity index (χ4n) is 2.31. The van der Waals surface area contributed by atoms with Crippen molar-refractivity contribution in [3.05, 3.63) is 88.9 Å². The number of sulfonamides is 1. The van der Waals surface area contributed by atoms with E-state index in [9.17, 15) is 13.2 Å². The molecule has 3 aromatic carbocycles. The summed E-state index contributed by atoms with van der Waals surface area (Å²) in [5.41, 5.74) is 1.06. The number of carbonyl (C=O) groups excluding carboxylic acids is 1. The minimum atomic E-state index is -3.78. The molecule has 0 aliphatic heterocycles. The van der Waals surface area contributed by atoms with Gasteiger partial charge in [-0.3, -0.25) is 9.52 Å². The second kappa shape index (κ2) is 7.72. The average molecular weight is 431 g/mol. The first-order valence-corrected chi connectivity index (χ1v) is 9.97. The van der Waals surface area contributed by atoms with Crippen molar-refractivity contribution in [3.63, 3.8) is 0 Å². The molecule has 3 rings (SSSR count). The van der Waals surface area contributed by atoms with Gasteiger partial charge >= 0.3 is 0 Å². The molecule has 2 N–H and O–H groups in total. The van der Waals surface area contributed by atoms with Crippen LogP contribution in [0.3, 0.4) is 0 Å². The van der Waals surface area contributed by atoms with Crippen LogP contribution in [0.4, 0.5) is 11.4 Å². The van der Waals surface area contributed by atoms with E-state index in [1.165, 1.54) is 12.1 Å². The maximum Gasteiger partial charge on any atom is 0.261 e. The summed E-state index contributed by atoms with van der Waals surface area (Å²) in [7, 11) is -3.78. The number of amides is 1. The van der Waals surface area contributed by atoms with Gasteiger partial charge in [-0.25, -0.2) is 8.42 Å². The number of benzene rings is 3. The summed E-state index contributed by atoms with van der Waals surface area (Å²) in [5.74, 6) is -0.404. The molecule has 0 radical (unpaired) electrons. The summed E-state index contributed by atoms with van der Waals surface area (Å²) in [5, 5.41) is 2.76. The third kappa shape index (κ3) is 4.30. The molecule has 0 atom stereocenters. The highest BCUT2D eigenvalue weighted by Crippen LogP contribution is 2.22. The van der Waals surface area contributed by atoms with Crippen molar-refractivity contribution < 1.29 is 13.2 Å². The van der Waals surface area contributed by atoms with Crippen molar-refractivity contribution in [2.45, 2.75) is 4.90 Å². The standard InChI is InChI=1S/C19H15BrN2O3S/c20-14-10-12-15(13-11-14)21-19(23)17-8-4-5-9-18(17)22-26(24,25)16-6-2-1-3-7-16/h1-13,22H,(H,21,23). The van der Waals surface area contributed by atoms with Crippen molar-refractivity contribution in [1.29, 1.82) is 0 Å². The van der Waals surface area contributed by atoms with Crippen LogP contribution in [0, 0.1) is 0 Å². The Kier molecular flexibility index (Phi) is 5.39. The van der Waals surface area contributed by atoms with E-state index in [4.69, 9.17) is 0 Å². The summed E-state index contributed by atoms with van der Waals surface area (Å²) in [4.78, 5) is 12.7. The Morgan fingerprint density at radius 3 is 2.12 bits per heavy atom. The first kappa shape index (κ1) is 18.2. The Balaban J connectivity index is 1.86. The van der Waals surface area contributed by atoms with Crippen molar-refractivity contribution in [2.75, 3.05) is 10.0 Å². The Bertz CT molecular complexity index is 1020. The molecule has 132 valence electrons. The van der Waals surface area contributed by atoms with E-state index in [1.807, 2.05) is 0 Å². The second-order valence-electron chi connectivity index (χ2n) is 5.43. The van der Waals surface area contributed by atoms with Crippen LogP contribution in [0.2, 0.25) is 0 Å². The highest BCUT2D eigenvalue weighted by molar-refractivity contribution is 9.10. The molecule has 0 aliphatic rings. The van der Waals surface area contributed by atoms with Crippen LogP contribution >= 0.6 is 15.9 Å². The van der Waals surface area contributed by atoms with Crippen molar-refractivity contribution in [2.24, 2.45) is 0 Å². The molecule has 1 amide bonds. The first-order valence-electron chi connectivity index (χ1n) is 7.69. The summed E-state index contributed by atoms with van der Waals surface area (Å²) < 4.78 is 28.4. The molecule has 0 aliphatic carbocycles. The Morgan fingerprint density at radius 2 is 1.42 bits per heavy atom. The molecule has 0 heterocycles. The van der Waals surface area contributed by atoms with Gasteiger partial charge in [-0.2, -0.15) is 0 Å². The van der Waals surface area contributed by atoms with Crippen LogP contribution in [0.25, 0.3) is 0 Å². The summed E-state index contributed by atoms with van der Waals surface area (Å²) in [6.07, 6.45) is 0. The molecule has 0 spiro atoms. The van der Waals surface area contributed by atoms with Gasteiger partial charge in [0.25, 0.3) is 15.9 Å². The van der Waals surface area contributed by atoms with Gasteiger partial charge in [0.2, 0.25) is 0 Å². The Labute approximate surface area is 160 Å². The number of rotatable bonds is 5. The van der Waals surface area contributed by atoms with Crippen LogP contribution < -0.4 is 10.0 Å². The Hall–Kier alpha value is -2.64. The first-order chi connectivity index (χ1) is 12.5. The van der Waals surface area contributed by atoms with E-state index in [0.29, 0.717) is 5.69 Å². The van der Waals surface area contributed by atoms with Gasteiger partial charge in [0, 0.05) is 10.2 Å². The smallest absolute Gasteiger partial charge is 0.261 e. The zero-order chi connectivity index (χ0) is 18.6. The summed E-state index contributed by atoms with van der Waals surface area (Å²) in [6, 6.07) is 21.6.